The van der Waals surface area contributed by atoms with E-state index in [0.29, 0.717) is 23.0 Å². The fourth-order valence-electron chi connectivity index (χ4n) is 1.97. The van der Waals surface area contributed by atoms with E-state index in [9.17, 15) is 9.90 Å². The second-order valence-corrected chi connectivity index (χ2v) is 5.38. The van der Waals surface area contributed by atoms with E-state index in [1.54, 1.807) is 38.1 Å². The van der Waals surface area contributed by atoms with E-state index in [1.165, 1.54) is 11.8 Å². The minimum Gasteiger partial charge on any atom is -0.508 e. The summed E-state index contributed by atoms with van der Waals surface area (Å²) in [5.74, 6) is -0.207. The molecule has 0 fully saturated rings. The fraction of sp³-hybridized carbons (Fsp3) is 0.286. The Balaban J connectivity index is 2.42. The molecular weight excluding hydrogens is 276 g/mol. The largest absolute Gasteiger partial charge is 0.508 e. The Hall–Kier alpha value is -1.95. The van der Waals surface area contributed by atoms with Gasteiger partial charge in [-0.3, -0.25) is 0 Å². The van der Waals surface area contributed by atoms with E-state index in [0.717, 1.165) is 5.56 Å². The molecule has 2 rings (SSSR count). The first-order chi connectivity index (χ1) is 9.52. The Morgan fingerprint density at radius 3 is 2.70 bits per heavy atom. The second kappa shape index (κ2) is 6.00. The van der Waals surface area contributed by atoms with Gasteiger partial charge < -0.3 is 15.6 Å². The van der Waals surface area contributed by atoms with Gasteiger partial charge in [-0.05, 0) is 31.5 Å². The molecule has 1 unspecified atom stereocenters. The number of aliphatic imine (C=N–C) groups is 1. The van der Waals surface area contributed by atoms with Crippen LogP contribution in [-0.2, 0) is 9.53 Å². The van der Waals surface area contributed by atoms with Crippen LogP contribution in [0.25, 0.3) is 0 Å². The van der Waals surface area contributed by atoms with Gasteiger partial charge in [0.1, 0.15) is 5.75 Å². The summed E-state index contributed by atoms with van der Waals surface area (Å²) in [6.45, 7) is 3.81. The zero-order valence-electron chi connectivity index (χ0n) is 11.3. The molecule has 3 N–H and O–H groups in total. The molecule has 0 aliphatic carbocycles. The van der Waals surface area contributed by atoms with Crippen LogP contribution in [0.3, 0.4) is 0 Å². The Bertz CT molecular complexity index is 579. The standard InChI is InChI=1S/C14H16N2O3S/c1-3-19-13(18)11-8(2)16-14(15)20-12(11)9-4-6-10(17)7-5-9/h4-7,12,17H,3H2,1-2H3,(H2,15,16). The number of benzene rings is 1. The van der Waals surface area contributed by atoms with Crippen LogP contribution in [0.5, 0.6) is 5.75 Å². The first-order valence-electron chi connectivity index (χ1n) is 6.20. The molecule has 0 aromatic heterocycles. The SMILES string of the molecule is CCOC(=O)C1=C(C)N=C(N)SC1c1ccc(O)cc1. The molecular formula is C14H16N2O3S. The number of phenolic OH excluding ortho intramolecular Hbond substituents is 1. The summed E-state index contributed by atoms with van der Waals surface area (Å²) >= 11 is 1.30. The van der Waals surface area contributed by atoms with Crippen LogP contribution < -0.4 is 5.73 Å². The number of phenols is 1. The van der Waals surface area contributed by atoms with Gasteiger partial charge in [-0.25, -0.2) is 9.79 Å². The second-order valence-electron chi connectivity index (χ2n) is 4.26. The molecule has 6 heteroatoms. The quantitative estimate of drug-likeness (QED) is 0.835. The molecule has 0 saturated heterocycles. The number of carbonyl (C=O) groups excluding carboxylic acids is 1. The number of ether oxygens (including phenoxy) is 1. The number of rotatable bonds is 3. The summed E-state index contributed by atoms with van der Waals surface area (Å²) in [5.41, 5.74) is 7.73. The topological polar surface area (TPSA) is 84.9 Å². The van der Waals surface area contributed by atoms with Gasteiger partial charge >= 0.3 is 5.97 Å². The number of esters is 1. The molecule has 20 heavy (non-hydrogen) atoms. The maximum atomic E-state index is 12.1. The molecule has 0 saturated carbocycles. The molecule has 1 atom stereocenters. The van der Waals surface area contributed by atoms with Crippen molar-refractivity contribution in [2.75, 3.05) is 6.61 Å². The molecule has 1 aromatic rings. The van der Waals surface area contributed by atoms with Gasteiger partial charge in [-0.1, -0.05) is 23.9 Å². The van der Waals surface area contributed by atoms with Crippen LogP contribution in [0.1, 0.15) is 24.7 Å². The number of allylic oxidation sites excluding steroid dienone is 1. The normalized spacial score (nSPS) is 18.7. The van der Waals surface area contributed by atoms with Crippen molar-refractivity contribution < 1.29 is 14.6 Å². The molecule has 0 spiro atoms. The predicted molar refractivity (Wildman–Crippen MR) is 79.4 cm³/mol. The zero-order chi connectivity index (χ0) is 14.7. The lowest BCUT2D eigenvalue weighted by Crippen LogP contribution is -2.22. The number of carbonyl (C=O) groups is 1. The van der Waals surface area contributed by atoms with Crippen molar-refractivity contribution in [3.63, 3.8) is 0 Å². The summed E-state index contributed by atoms with van der Waals surface area (Å²) in [5, 5.41) is 9.50. The van der Waals surface area contributed by atoms with Crippen molar-refractivity contribution >= 4 is 22.9 Å². The third-order valence-electron chi connectivity index (χ3n) is 2.86. The van der Waals surface area contributed by atoms with Crippen LogP contribution in [0.4, 0.5) is 0 Å². The number of hydrogen-bond acceptors (Lipinski definition) is 6. The van der Waals surface area contributed by atoms with Crippen LogP contribution in [0, 0.1) is 0 Å². The maximum absolute atomic E-state index is 12.1. The molecule has 5 nitrogen and oxygen atoms in total. The number of hydrogen-bond donors (Lipinski definition) is 2. The highest BCUT2D eigenvalue weighted by atomic mass is 32.2. The van der Waals surface area contributed by atoms with E-state index < -0.39 is 0 Å². The average Bonchev–Trinajstić information content (AvgIpc) is 2.38. The summed E-state index contributed by atoms with van der Waals surface area (Å²) in [4.78, 5) is 16.3. The molecule has 1 aliphatic heterocycles. The zero-order valence-corrected chi connectivity index (χ0v) is 12.1. The number of amidine groups is 1. The van der Waals surface area contributed by atoms with Gasteiger partial charge in [0.25, 0.3) is 0 Å². The molecule has 1 aliphatic rings. The van der Waals surface area contributed by atoms with Crippen molar-refractivity contribution in [2.45, 2.75) is 19.1 Å². The average molecular weight is 292 g/mol. The smallest absolute Gasteiger partial charge is 0.337 e. The van der Waals surface area contributed by atoms with Gasteiger partial charge in [-0.15, -0.1) is 0 Å². The van der Waals surface area contributed by atoms with E-state index in [1.807, 2.05) is 0 Å². The predicted octanol–water partition coefficient (Wildman–Crippen LogP) is 2.33. The van der Waals surface area contributed by atoms with Gasteiger partial charge in [0.2, 0.25) is 0 Å². The first kappa shape index (κ1) is 14.5. The monoisotopic (exact) mass is 292 g/mol. The molecule has 0 radical (unpaired) electrons. The van der Waals surface area contributed by atoms with Crippen molar-refractivity contribution in [2.24, 2.45) is 10.7 Å². The number of aromatic hydroxyl groups is 1. The van der Waals surface area contributed by atoms with Crippen LogP contribution in [0.15, 0.2) is 40.5 Å². The minimum atomic E-state index is -0.383. The number of thioether (sulfide) groups is 1. The van der Waals surface area contributed by atoms with Crippen molar-refractivity contribution in [3.05, 3.63) is 41.1 Å². The molecule has 1 aromatic carbocycles. The lowest BCUT2D eigenvalue weighted by molar-refractivity contribution is -0.138. The summed E-state index contributed by atoms with van der Waals surface area (Å²) in [6.07, 6.45) is 0. The lowest BCUT2D eigenvalue weighted by Gasteiger charge is -2.23. The van der Waals surface area contributed by atoms with Crippen LogP contribution >= 0.6 is 11.8 Å². The Kier molecular flexibility index (Phi) is 4.34. The molecule has 0 bridgehead atoms. The minimum absolute atomic E-state index is 0.176. The third kappa shape index (κ3) is 2.96. The molecule has 106 valence electrons. The van der Waals surface area contributed by atoms with Crippen molar-refractivity contribution in [1.29, 1.82) is 0 Å². The Morgan fingerprint density at radius 2 is 2.10 bits per heavy atom. The Labute approximate surface area is 121 Å². The Morgan fingerprint density at radius 1 is 1.45 bits per heavy atom. The van der Waals surface area contributed by atoms with E-state index in [-0.39, 0.29) is 17.0 Å². The van der Waals surface area contributed by atoms with Gasteiger partial charge in [-0.2, -0.15) is 0 Å². The summed E-state index contributed by atoms with van der Waals surface area (Å²) in [6, 6.07) is 6.68. The van der Waals surface area contributed by atoms with Gasteiger partial charge in [0.05, 0.1) is 23.1 Å². The highest BCUT2D eigenvalue weighted by molar-refractivity contribution is 8.14. The van der Waals surface area contributed by atoms with Crippen LogP contribution in [-0.4, -0.2) is 22.9 Å². The third-order valence-corrected chi connectivity index (χ3v) is 3.94. The van der Waals surface area contributed by atoms with Crippen LogP contribution in [0.2, 0.25) is 0 Å². The van der Waals surface area contributed by atoms with E-state index in [2.05, 4.69) is 4.99 Å². The van der Waals surface area contributed by atoms with Gasteiger partial charge in [0.15, 0.2) is 5.17 Å². The highest BCUT2D eigenvalue weighted by Gasteiger charge is 2.31. The molecule has 1 heterocycles. The first-order valence-corrected chi connectivity index (χ1v) is 7.08. The van der Waals surface area contributed by atoms with Gasteiger partial charge in [0, 0.05) is 0 Å². The number of nitrogens with zero attached hydrogens (tertiary/aromatic N) is 1. The number of nitrogens with two attached hydrogens (primary N) is 1. The highest BCUT2D eigenvalue weighted by Crippen LogP contribution is 2.41. The molecule has 0 amide bonds. The maximum Gasteiger partial charge on any atom is 0.337 e. The lowest BCUT2D eigenvalue weighted by atomic mass is 10.0. The fourth-order valence-corrected chi connectivity index (χ4v) is 3.08. The van der Waals surface area contributed by atoms with Crippen molar-refractivity contribution in [3.8, 4) is 5.75 Å². The van der Waals surface area contributed by atoms with Crippen molar-refractivity contribution in [1.82, 2.24) is 0 Å². The van der Waals surface area contributed by atoms with E-state index in [4.69, 9.17) is 10.5 Å². The van der Waals surface area contributed by atoms with E-state index >= 15 is 0 Å². The summed E-state index contributed by atoms with van der Waals surface area (Å²) < 4.78 is 5.09. The summed E-state index contributed by atoms with van der Waals surface area (Å²) in [7, 11) is 0.